The highest BCUT2D eigenvalue weighted by Crippen LogP contribution is 2.43. The van der Waals surface area contributed by atoms with E-state index >= 15 is 0 Å². The maximum atomic E-state index is 13.9. The molecule has 11 nitrogen and oxygen atoms in total. The van der Waals surface area contributed by atoms with Gasteiger partial charge in [-0.2, -0.15) is 0 Å². The second-order valence-electron chi connectivity index (χ2n) is 9.92. The number of halogens is 1. The van der Waals surface area contributed by atoms with Crippen LogP contribution in [0.15, 0.2) is 36.4 Å². The van der Waals surface area contributed by atoms with Crippen LogP contribution in [-0.4, -0.2) is 66.5 Å². The van der Waals surface area contributed by atoms with Gasteiger partial charge in [-0.15, -0.1) is 0 Å². The molecule has 4 aliphatic rings. The lowest BCUT2D eigenvalue weighted by Gasteiger charge is -2.30. The van der Waals surface area contributed by atoms with E-state index in [0.717, 1.165) is 17.7 Å². The number of benzene rings is 2. The predicted octanol–water partition coefficient (Wildman–Crippen LogP) is 1.92. The number of nitrogens with one attached hydrogen (secondary N) is 3. The van der Waals surface area contributed by atoms with E-state index in [9.17, 15) is 23.6 Å². The van der Waals surface area contributed by atoms with Crippen LogP contribution < -0.4 is 25.4 Å². The topological polar surface area (TPSA) is 129 Å². The molecule has 1 saturated carbocycles. The monoisotopic (exact) mass is 523 g/mol. The number of carbonyl (C=O) groups is 4. The van der Waals surface area contributed by atoms with E-state index in [2.05, 4.69) is 16.0 Å². The Morgan fingerprint density at radius 3 is 2.71 bits per heavy atom. The van der Waals surface area contributed by atoms with Crippen molar-refractivity contribution in [2.24, 2.45) is 5.92 Å². The van der Waals surface area contributed by atoms with E-state index < -0.39 is 41.8 Å². The molecule has 6 rings (SSSR count). The van der Waals surface area contributed by atoms with Gasteiger partial charge in [0.25, 0.3) is 5.91 Å². The molecule has 1 spiro atoms. The largest absolute Gasteiger partial charge is 0.491 e. The number of carbonyl (C=O) groups excluding carboxylic acids is 4. The summed E-state index contributed by atoms with van der Waals surface area (Å²) >= 11 is 0. The van der Waals surface area contributed by atoms with Gasteiger partial charge >= 0.3 is 12.1 Å². The van der Waals surface area contributed by atoms with Crippen molar-refractivity contribution in [3.63, 3.8) is 0 Å². The molecule has 3 heterocycles. The van der Waals surface area contributed by atoms with Crippen LogP contribution in [0.5, 0.6) is 11.5 Å². The quantitative estimate of drug-likeness (QED) is 0.525. The first-order chi connectivity index (χ1) is 18.3. The van der Waals surface area contributed by atoms with Gasteiger partial charge in [0.1, 0.15) is 37.1 Å². The van der Waals surface area contributed by atoms with E-state index in [4.69, 9.17) is 9.47 Å². The van der Waals surface area contributed by atoms with E-state index in [0.29, 0.717) is 28.3 Å². The van der Waals surface area contributed by atoms with Crippen LogP contribution in [0, 0.1) is 11.7 Å². The summed E-state index contributed by atoms with van der Waals surface area (Å²) in [4.78, 5) is 54.3. The molecule has 2 aromatic carbocycles. The lowest BCUT2D eigenvalue weighted by Crippen LogP contribution is -2.49. The fourth-order valence-corrected chi connectivity index (χ4v) is 5.33. The predicted molar refractivity (Wildman–Crippen MR) is 131 cm³/mol. The third kappa shape index (κ3) is 3.96. The van der Waals surface area contributed by atoms with Crippen LogP contribution in [0.4, 0.5) is 19.7 Å². The molecular formula is C26H26FN5O6. The SMILES string of the molecule is CNC(=O)Nc1ccc2c(c1)OC[C@]21NC(=O)N(CC(=O)N2Cc3cc(F)ccc3OCC2C2CC2)C1=O. The average Bonchev–Trinajstić information content (AvgIpc) is 3.66. The summed E-state index contributed by atoms with van der Waals surface area (Å²) in [5.74, 6) is -0.340. The fourth-order valence-electron chi connectivity index (χ4n) is 5.33. The smallest absolute Gasteiger partial charge is 0.325 e. The van der Waals surface area contributed by atoms with Gasteiger partial charge in [0.05, 0.1) is 6.04 Å². The molecule has 12 heteroatoms. The number of amides is 6. The molecule has 6 amide bonds. The summed E-state index contributed by atoms with van der Waals surface area (Å²) in [5, 5.41) is 7.79. The Morgan fingerprint density at radius 2 is 1.95 bits per heavy atom. The summed E-state index contributed by atoms with van der Waals surface area (Å²) < 4.78 is 25.6. The molecule has 0 bridgehead atoms. The Bertz CT molecular complexity index is 1360. The Labute approximate surface area is 217 Å². The zero-order valence-corrected chi connectivity index (χ0v) is 20.6. The fraction of sp³-hybridized carbons (Fsp3) is 0.385. The lowest BCUT2D eigenvalue weighted by molar-refractivity contribution is -0.141. The molecule has 0 aromatic heterocycles. The minimum atomic E-state index is -1.47. The van der Waals surface area contributed by atoms with Gasteiger partial charge in [-0.05, 0) is 43.0 Å². The highest BCUT2D eigenvalue weighted by atomic mass is 19.1. The Morgan fingerprint density at radius 1 is 1.13 bits per heavy atom. The molecule has 2 atom stereocenters. The van der Waals surface area contributed by atoms with Gasteiger partial charge in [-0.1, -0.05) is 6.07 Å². The minimum Gasteiger partial charge on any atom is -0.491 e. The van der Waals surface area contributed by atoms with E-state index in [1.165, 1.54) is 19.2 Å². The van der Waals surface area contributed by atoms with Gasteiger partial charge < -0.3 is 30.3 Å². The summed E-state index contributed by atoms with van der Waals surface area (Å²) in [6.07, 6.45) is 1.89. The zero-order chi connectivity index (χ0) is 26.6. The average molecular weight is 524 g/mol. The zero-order valence-electron chi connectivity index (χ0n) is 20.6. The summed E-state index contributed by atoms with van der Waals surface area (Å²) in [7, 11) is 1.49. The van der Waals surface area contributed by atoms with Gasteiger partial charge in [0, 0.05) is 36.5 Å². The van der Waals surface area contributed by atoms with Crippen molar-refractivity contribution in [2.75, 3.05) is 32.1 Å². The molecule has 38 heavy (non-hydrogen) atoms. The van der Waals surface area contributed by atoms with Gasteiger partial charge in [0.2, 0.25) is 5.91 Å². The van der Waals surface area contributed by atoms with Gasteiger partial charge in [-0.3, -0.25) is 14.5 Å². The molecule has 2 fully saturated rings. The Hall–Kier alpha value is -4.35. The number of hydrogen-bond donors (Lipinski definition) is 3. The third-order valence-corrected chi connectivity index (χ3v) is 7.50. The standard InChI is InChI=1S/C26H26FN5O6/c1-28-24(35)29-17-5-6-18-21(9-17)38-13-26(18)23(34)32(25(36)30-26)11-22(33)31-10-15-8-16(27)4-7-20(15)37-12-19(31)14-2-3-14/h4-9,14,19H,2-3,10-13H2,1H3,(H,30,36)(H2,28,29,35)/t19?,26-/m0/s1. The van der Waals surface area contributed by atoms with E-state index in [1.54, 1.807) is 29.2 Å². The van der Waals surface area contributed by atoms with Crippen molar-refractivity contribution in [3.8, 4) is 11.5 Å². The Kier molecular flexibility index (Phi) is 5.62. The molecule has 3 aliphatic heterocycles. The lowest BCUT2D eigenvalue weighted by atomic mass is 9.92. The maximum Gasteiger partial charge on any atom is 0.325 e. The normalized spacial score (nSPS) is 23.7. The highest BCUT2D eigenvalue weighted by Gasteiger charge is 2.58. The molecule has 1 saturated heterocycles. The van der Waals surface area contributed by atoms with Crippen LogP contribution in [0.3, 0.4) is 0 Å². The molecule has 0 radical (unpaired) electrons. The second kappa shape index (κ2) is 8.89. The van der Waals surface area contributed by atoms with E-state index in [1.807, 2.05) is 0 Å². The number of rotatable bonds is 4. The van der Waals surface area contributed by atoms with Crippen molar-refractivity contribution in [3.05, 3.63) is 53.3 Å². The number of anilines is 1. The third-order valence-electron chi connectivity index (χ3n) is 7.50. The van der Waals surface area contributed by atoms with Gasteiger partial charge in [0.15, 0.2) is 5.54 Å². The van der Waals surface area contributed by atoms with Crippen LogP contribution in [0.25, 0.3) is 0 Å². The Balaban J connectivity index is 1.23. The van der Waals surface area contributed by atoms with Crippen molar-refractivity contribution in [2.45, 2.75) is 31.0 Å². The molecular weight excluding hydrogens is 497 g/mol. The number of nitrogens with zero attached hydrogens (tertiary/aromatic N) is 2. The molecule has 1 unspecified atom stereocenters. The van der Waals surface area contributed by atoms with Crippen molar-refractivity contribution in [1.29, 1.82) is 0 Å². The molecule has 2 aromatic rings. The number of imide groups is 1. The summed E-state index contributed by atoms with van der Waals surface area (Å²) in [5.41, 5.74) is -0.0347. The number of ether oxygens (including phenoxy) is 2. The van der Waals surface area contributed by atoms with Crippen LogP contribution in [0.2, 0.25) is 0 Å². The van der Waals surface area contributed by atoms with Crippen LogP contribution >= 0.6 is 0 Å². The van der Waals surface area contributed by atoms with E-state index in [-0.39, 0.29) is 31.7 Å². The molecule has 198 valence electrons. The second-order valence-corrected chi connectivity index (χ2v) is 9.92. The van der Waals surface area contributed by atoms with Crippen molar-refractivity contribution >= 4 is 29.6 Å². The minimum absolute atomic E-state index is 0.120. The summed E-state index contributed by atoms with van der Waals surface area (Å²) in [6, 6.07) is 7.63. The first kappa shape index (κ1) is 24.0. The number of fused-ring (bicyclic) bond motifs is 3. The van der Waals surface area contributed by atoms with Crippen LogP contribution in [-0.2, 0) is 21.7 Å². The highest BCUT2D eigenvalue weighted by molar-refractivity contribution is 6.10. The van der Waals surface area contributed by atoms with Gasteiger partial charge in [-0.25, -0.2) is 14.0 Å². The number of hydrogen-bond acceptors (Lipinski definition) is 6. The molecule has 1 aliphatic carbocycles. The summed E-state index contributed by atoms with van der Waals surface area (Å²) in [6.45, 7) is -0.233. The van der Waals surface area contributed by atoms with Crippen molar-refractivity contribution in [1.82, 2.24) is 20.4 Å². The number of urea groups is 2. The van der Waals surface area contributed by atoms with Crippen LogP contribution in [0.1, 0.15) is 24.0 Å². The van der Waals surface area contributed by atoms with Crippen molar-refractivity contribution < 1.29 is 33.0 Å². The first-order valence-corrected chi connectivity index (χ1v) is 12.4. The molecule has 3 N–H and O–H groups in total. The first-order valence-electron chi connectivity index (χ1n) is 12.4. The maximum absolute atomic E-state index is 13.9.